The fraction of sp³-hybridized carbons (Fsp3) is 0.235. The number of ether oxygens (including phenoxy) is 1. The number of nitrogens with two attached hydrogens (primary N) is 1. The quantitative estimate of drug-likeness (QED) is 0.941. The number of methoxy groups -OCH3 is 1. The van der Waals surface area contributed by atoms with Crippen LogP contribution in [0.4, 0.5) is 5.69 Å². The van der Waals surface area contributed by atoms with Crippen LogP contribution in [0.15, 0.2) is 42.5 Å². The number of nitrogens with zero attached hydrogens (tertiary/aromatic N) is 1. The molecule has 1 amide bonds. The van der Waals surface area contributed by atoms with Gasteiger partial charge in [0.05, 0.1) is 13.7 Å². The van der Waals surface area contributed by atoms with E-state index >= 15 is 0 Å². The molecule has 1 aliphatic heterocycles. The summed E-state index contributed by atoms with van der Waals surface area (Å²) in [6.07, 6.45) is 0. The molecule has 108 valence electrons. The van der Waals surface area contributed by atoms with Gasteiger partial charge in [-0.3, -0.25) is 4.79 Å². The third-order valence-electron chi connectivity index (χ3n) is 3.82. The highest BCUT2D eigenvalue weighted by Crippen LogP contribution is 2.36. The first kappa shape index (κ1) is 13.6. The molecule has 2 N–H and O–H groups in total. The van der Waals surface area contributed by atoms with Gasteiger partial charge in [0.25, 0.3) is 0 Å². The Balaban J connectivity index is 1.94. The van der Waals surface area contributed by atoms with Gasteiger partial charge in [0, 0.05) is 11.3 Å². The summed E-state index contributed by atoms with van der Waals surface area (Å²) in [6, 6.07) is 13.1. The van der Waals surface area contributed by atoms with Gasteiger partial charge in [-0.1, -0.05) is 29.8 Å². The number of anilines is 1. The van der Waals surface area contributed by atoms with E-state index in [0.29, 0.717) is 6.54 Å². The Bertz CT molecular complexity index is 697. The molecule has 0 spiro atoms. The zero-order valence-electron chi connectivity index (χ0n) is 12.2. The number of carbonyl (C=O) groups excluding carboxylic acids is 1. The topological polar surface area (TPSA) is 55.6 Å². The van der Waals surface area contributed by atoms with E-state index in [0.717, 1.165) is 28.1 Å². The Morgan fingerprint density at radius 2 is 2.05 bits per heavy atom. The maximum Gasteiger partial charge on any atom is 0.248 e. The van der Waals surface area contributed by atoms with Crippen molar-refractivity contribution in [1.82, 2.24) is 0 Å². The molecule has 0 saturated carbocycles. The van der Waals surface area contributed by atoms with E-state index in [1.165, 1.54) is 0 Å². The van der Waals surface area contributed by atoms with Crippen LogP contribution in [0.25, 0.3) is 0 Å². The molecule has 0 bridgehead atoms. The Hall–Kier alpha value is -2.33. The summed E-state index contributed by atoms with van der Waals surface area (Å²) in [5, 5.41) is 0. The van der Waals surface area contributed by atoms with E-state index in [4.69, 9.17) is 10.5 Å². The molecular formula is C17H18N2O2. The van der Waals surface area contributed by atoms with E-state index in [2.05, 4.69) is 0 Å². The fourth-order valence-corrected chi connectivity index (χ4v) is 2.70. The molecule has 0 fully saturated rings. The van der Waals surface area contributed by atoms with Crippen molar-refractivity contribution in [3.8, 4) is 5.75 Å². The third-order valence-corrected chi connectivity index (χ3v) is 3.82. The fourth-order valence-electron chi connectivity index (χ4n) is 2.70. The van der Waals surface area contributed by atoms with Crippen molar-refractivity contribution in [2.24, 2.45) is 5.73 Å². The Morgan fingerprint density at radius 3 is 2.81 bits per heavy atom. The molecule has 0 aromatic heterocycles. The van der Waals surface area contributed by atoms with Gasteiger partial charge in [0.15, 0.2) is 0 Å². The minimum atomic E-state index is -0.564. The average molecular weight is 282 g/mol. The monoisotopic (exact) mass is 282 g/mol. The first-order valence-corrected chi connectivity index (χ1v) is 6.90. The average Bonchev–Trinajstić information content (AvgIpc) is 2.72. The number of amides is 1. The van der Waals surface area contributed by atoms with E-state index < -0.39 is 6.04 Å². The lowest BCUT2D eigenvalue weighted by Crippen LogP contribution is -2.31. The standard InChI is InChI=1S/C17H18N2O2/c1-11-6-7-15-14(8-11)16(18)17(20)19(15)10-12-4-3-5-13(9-12)21-2/h3-9,16H,10,18H2,1-2H3. The molecule has 2 aromatic carbocycles. The second kappa shape index (κ2) is 5.22. The van der Waals surface area contributed by atoms with Crippen LogP contribution < -0.4 is 15.4 Å². The number of fused-ring (bicyclic) bond motifs is 1. The van der Waals surface area contributed by atoms with Gasteiger partial charge in [-0.25, -0.2) is 0 Å². The van der Waals surface area contributed by atoms with Crippen molar-refractivity contribution < 1.29 is 9.53 Å². The first-order chi connectivity index (χ1) is 10.1. The van der Waals surface area contributed by atoms with Gasteiger partial charge < -0.3 is 15.4 Å². The molecular weight excluding hydrogens is 264 g/mol. The lowest BCUT2D eigenvalue weighted by molar-refractivity contribution is -0.119. The van der Waals surface area contributed by atoms with Crippen LogP contribution in [0.5, 0.6) is 5.75 Å². The van der Waals surface area contributed by atoms with Gasteiger partial charge >= 0.3 is 0 Å². The molecule has 0 saturated heterocycles. The van der Waals surface area contributed by atoms with E-state index in [1.54, 1.807) is 12.0 Å². The van der Waals surface area contributed by atoms with Gasteiger partial charge in [0.1, 0.15) is 11.8 Å². The van der Waals surface area contributed by atoms with Crippen LogP contribution in [0.3, 0.4) is 0 Å². The number of aryl methyl sites for hydroxylation is 1. The van der Waals surface area contributed by atoms with Crippen molar-refractivity contribution in [2.75, 3.05) is 12.0 Å². The highest BCUT2D eigenvalue weighted by molar-refractivity contribution is 6.04. The third kappa shape index (κ3) is 2.38. The molecule has 4 heteroatoms. The van der Waals surface area contributed by atoms with E-state index in [9.17, 15) is 4.79 Å². The SMILES string of the molecule is COc1cccc(CN2C(=O)C(N)c3cc(C)ccc32)c1. The molecule has 1 heterocycles. The van der Waals surface area contributed by atoms with Gasteiger partial charge in [-0.05, 0) is 30.7 Å². The second-order valence-electron chi connectivity index (χ2n) is 5.32. The molecule has 3 rings (SSSR count). The maximum atomic E-state index is 12.4. The molecule has 0 radical (unpaired) electrons. The van der Waals surface area contributed by atoms with Crippen LogP contribution in [0, 0.1) is 6.92 Å². The van der Waals surface area contributed by atoms with Crippen LogP contribution >= 0.6 is 0 Å². The van der Waals surface area contributed by atoms with E-state index in [1.807, 2.05) is 49.4 Å². The number of hydrogen-bond donors (Lipinski definition) is 1. The van der Waals surface area contributed by atoms with Crippen molar-refractivity contribution >= 4 is 11.6 Å². The van der Waals surface area contributed by atoms with Crippen LogP contribution in [-0.2, 0) is 11.3 Å². The van der Waals surface area contributed by atoms with Gasteiger partial charge in [-0.15, -0.1) is 0 Å². The van der Waals surface area contributed by atoms with Gasteiger partial charge in [0.2, 0.25) is 5.91 Å². The summed E-state index contributed by atoms with van der Waals surface area (Å²) in [5.41, 5.74) is 9.98. The minimum absolute atomic E-state index is 0.0570. The van der Waals surface area contributed by atoms with Crippen molar-refractivity contribution in [3.05, 3.63) is 59.2 Å². The predicted molar refractivity (Wildman–Crippen MR) is 82.3 cm³/mol. The van der Waals surface area contributed by atoms with Gasteiger partial charge in [-0.2, -0.15) is 0 Å². The number of hydrogen-bond acceptors (Lipinski definition) is 3. The summed E-state index contributed by atoms with van der Waals surface area (Å²) < 4.78 is 5.22. The highest BCUT2D eigenvalue weighted by atomic mass is 16.5. The summed E-state index contributed by atoms with van der Waals surface area (Å²) in [5.74, 6) is 0.728. The van der Waals surface area contributed by atoms with Crippen molar-refractivity contribution in [2.45, 2.75) is 19.5 Å². The maximum absolute atomic E-state index is 12.4. The summed E-state index contributed by atoms with van der Waals surface area (Å²) in [6.45, 7) is 2.50. The lowest BCUT2D eigenvalue weighted by Gasteiger charge is -2.18. The van der Waals surface area contributed by atoms with Crippen LogP contribution in [0.1, 0.15) is 22.7 Å². The Kier molecular flexibility index (Phi) is 3.39. The summed E-state index contributed by atoms with van der Waals surface area (Å²) >= 11 is 0. The number of carbonyl (C=O) groups is 1. The molecule has 0 aliphatic carbocycles. The zero-order chi connectivity index (χ0) is 15.0. The second-order valence-corrected chi connectivity index (χ2v) is 5.32. The largest absolute Gasteiger partial charge is 0.497 e. The highest BCUT2D eigenvalue weighted by Gasteiger charge is 2.34. The normalized spacial score (nSPS) is 17.0. The van der Waals surface area contributed by atoms with Crippen LogP contribution in [-0.4, -0.2) is 13.0 Å². The Labute approximate surface area is 124 Å². The lowest BCUT2D eigenvalue weighted by atomic mass is 10.1. The zero-order valence-corrected chi connectivity index (χ0v) is 12.2. The number of benzene rings is 2. The molecule has 1 aliphatic rings. The number of rotatable bonds is 3. The molecule has 1 atom stereocenters. The van der Waals surface area contributed by atoms with Crippen molar-refractivity contribution in [1.29, 1.82) is 0 Å². The van der Waals surface area contributed by atoms with E-state index in [-0.39, 0.29) is 5.91 Å². The van der Waals surface area contributed by atoms with Crippen molar-refractivity contribution in [3.63, 3.8) is 0 Å². The molecule has 1 unspecified atom stereocenters. The first-order valence-electron chi connectivity index (χ1n) is 6.90. The Morgan fingerprint density at radius 1 is 1.24 bits per heavy atom. The predicted octanol–water partition coefficient (Wildman–Crippen LogP) is 2.55. The minimum Gasteiger partial charge on any atom is -0.497 e. The summed E-state index contributed by atoms with van der Waals surface area (Å²) in [7, 11) is 1.63. The molecule has 21 heavy (non-hydrogen) atoms. The molecule has 2 aromatic rings. The van der Waals surface area contributed by atoms with Crippen LogP contribution in [0.2, 0.25) is 0 Å². The molecule has 4 nitrogen and oxygen atoms in total. The summed E-state index contributed by atoms with van der Waals surface area (Å²) in [4.78, 5) is 14.1. The smallest absolute Gasteiger partial charge is 0.248 e.